The Labute approximate surface area is 118 Å². The average molecular weight is 280 g/mol. The number of ether oxygens (including phenoxy) is 1. The van der Waals surface area contributed by atoms with E-state index in [0.29, 0.717) is 17.7 Å². The fraction of sp³-hybridized carbons (Fsp3) is 0.333. The molecule has 1 aromatic heterocycles. The van der Waals surface area contributed by atoms with Gasteiger partial charge in [0.25, 0.3) is 0 Å². The second-order valence-corrected chi connectivity index (χ2v) is 5.09. The largest absolute Gasteiger partial charge is 0.486 e. The molecule has 4 heteroatoms. The van der Waals surface area contributed by atoms with Crippen molar-refractivity contribution < 1.29 is 9.15 Å². The third-order valence-electron chi connectivity index (χ3n) is 2.58. The molecule has 0 saturated heterocycles. The Morgan fingerprint density at radius 2 is 2.00 bits per heavy atom. The minimum absolute atomic E-state index is 0.405. The van der Waals surface area contributed by atoms with Gasteiger partial charge < -0.3 is 14.5 Å². The molecule has 0 amide bonds. The number of halogens is 1. The summed E-state index contributed by atoms with van der Waals surface area (Å²) >= 11 is 5.89. The summed E-state index contributed by atoms with van der Waals surface area (Å²) in [5.41, 5.74) is 0. The van der Waals surface area contributed by atoms with Crippen LogP contribution in [0.15, 0.2) is 40.8 Å². The van der Waals surface area contributed by atoms with Gasteiger partial charge in [-0.1, -0.05) is 31.5 Å². The lowest BCUT2D eigenvalue weighted by Gasteiger charge is -2.06. The van der Waals surface area contributed by atoms with Crippen LogP contribution in [0.1, 0.15) is 25.4 Å². The van der Waals surface area contributed by atoms with Gasteiger partial charge in [-0.25, -0.2) is 0 Å². The molecule has 0 aliphatic rings. The molecule has 0 radical (unpaired) electrons. The van der Waals surface area contributed by atoms with Crippen LogP contribution in [0.5, 0.6) is 5.75 Å². The van der Waals surface area contributed by atoms with E-state index in [9.17, 15) is 0 Å². The number of rotatable bonds is 6. The third kappa shape index (κ3) is 4.62. The molecule has 0 atom stereocenters. The van der Waals surface area contributed by atoms with E-state index in [1.807, 2.05) is 30.3 Å². The van der Waals surface area contributed by atoms with Gasteiger partial charge in [0.15, 0.2) is 0 Å². The summed E-state index contributed by atoms with van der Waals surface area (Å²) in [5.74, 6) is 2.46. The van der Waals surface area contributed by atoms with Crippen molar-refractivity contribution in [1.29, 1.82) is 0 Å². The van der Waals surface area contributed by atoms with E-state index in [0.717, 1.165) is 23.8 Å². The zero-order chi connectivity index (χ0) is 13.7. The number of benzene rings is 1. The van der Waals surface area contributed by atoms with Crippen LogP contribution in [-0.4, -0.2) is 6.04 Å². The predicted octanol–water partition coefficient (Wildman–Crippen LogP) is 4.01. The first-order chi connectivity index (χ1) is 9.13. The summed E-state index contributed by atoms with van der Waals surface area (Å²) in [6.07, 6.45) is 0. The molecule has 0 unspecified atom stereocenters. The predicted molar refractivity (Wildman–Crippen MR) is 76.5 cm³/mol. The van der Waals surface area contributed by atoms with Gasteiger partial charge in [0, 0.05) is 11.1 Å². The van der Waals surface area contributed by atoms with Gasteiger partial charge in [-0.05, 0) is 30.3 Å². The Bertz CT molecular complexity index is 522. The normalized spacial score (nSPS) is 10.9. The zero-order valence-corrected chi connectivity index (χ0v) is 11.9. The summed E-state index contributed by atoms with van der Waals surface area (Å²) < 4.78 is 11.3. The van der Waals surface area contributed by atoms with Crippen molar-refractivity contribution in [2.45, 2.75) is 33.0 Å². The topological polar surface area (TPSA) is 34.4 Å². The number of nitrogens with one attached hydrogen (secondary N) is 1. The van der Waals surface area contributed by atoms with Crippen LogP contribution in [0.4, 0.5) is 0 Å². The van der Waals surface area contributed by atoms with Crippen LogP contribution >= 0.6 is 11.6 Å². The first-order valence-corrected chi connectivity index (χ1v) is 6.70. The summed E-state index contributed by atoms with van der Waals surface area (Å²) in [5, 5.41) is 3.97. The van der Waals surface area contributed by atoms with Crippen molar-refractivity contribution in [2.75, 3.05) is 0 Å². The summed E-state index contributed by atoms with van der Waals surface area (Å²) in [7, 11) is 0. The molecule has 19 heavy (non-hydrogen) atoms. The number of hydrogen-bond donors (Lipinski definition) is 1. The molecule has 0 saturated carbocycles. The van der Waals surface area contributed by atoms with E-state index < -0.39 is 0 Å². The van der Waals surface area contributed by atoms with Crippen molar-refractivity contribution >= 4 is 11.6 Å². The van der Waals surface area contributed by atoms with Gasteiger partial charge >= 0.3 is 0 Å². The van der Waals surface area contributed by atoms with Crippen molar-refractivity contribution in [1.82, 2.24) is 5.32 Å². The molecule has 0 spiro atoms. The quantitative estimate of drug-likeness (QED) is 0.867. The highest BCUT2D eigenvalue weighted by Crippen LogP contribution is 2.19. The number of hydrogen-bond acceptors (Lipinski definition) is 3. The minimum atomic E-state index is 0.405. The molecule has 0 aliphatic heterocycles. The highest BCUT2D eigenvalue weighted by Gasteiger charge is 2.04. The Balaban J connectivity index is 1.86. The molecule has 1 aromatic carbocycles. The van der Waals surface area contributed by atoms with E-state index in [1.165, 1.54) is 0 Å². The Morgan fingerprint density at radius 1 is 1.21 bits per heavy atom. The molecule has 0 fully saturated rings. The van der Waals surface area contributed by atoms with Gasteiger partial charge in [0.05, 0.1) is 6.54 Å². The van der Waals surface area contributed by atoms with E-state index in [4.69, 9.17) is 20.8 Å². The van der Waals surface area contributed by atoms with E-state index in [-0.39, 0.29) is 0 Å². The summed E-state index contributed by atoms with van der Waals surface area (Å²) in [4.78, 5) is 0. The van der Waals surface area contributed by atoms with Crippen LogP contribution in [0.3, 0.4) is 0 Å². The molecule has 1 N–H and O–H groups in total. The smallest absolute Gasteiger partial charge is 0.146 e. The molecule has 102 valence electrons. The molecule has 2 aromatic rings. The highest BCUT2D eigenvalue weighted by atomic mass is 35.5. The second-order valence-electron chi connectivity index (χ2n) is 4.65. The van der Waals surface area contributed by atoms with Crippen molar-refractivity contribution in [3.63, 3.8) is 0 Å². The third-order valence-corrected chi connectivity index (χ3v) is 2.81. The molecule has 2 rings (SSSR count). The van der Waals surface area contributed by atoms with Crippen molar-refractivity contribution in [2.24, 2.45) is 0 Å². The maximum Gasteiger partial charge on any atom is 0.146 e. The molecular formula is C15H18ClNO2. The lowest BCUT2D eigenvalue weighted by molar-refractivity contribution is 0.264. The van der Waals surface area contributed by atoms with Crippen LogP contribution in [0.25, 0.3) is 0 Å². The highest BCUT2D eigenvalue weighted by molar-refractivity contribution is 6.30. The molecule has 3 nitrogen and oxygen atoms in total. The second kappa shape index (κ2) is 6.64. The van der Waals surface area contributed by atoms with Crippen LogP contribution in [0, 0.1) is 0 Å². The average Bonchev–Trinajstić information content (AvgIpc) is 2.82. The van der Waals surface area contributed by atoms with E-state index in [1.54, 1.807) is 6.07 Å². The fourth-order valence-electron chi connectivity index (χ4n) is 1.61. The van der Waals surface area contributed by atoms with Gasteiger partial charge in [-0.2, -0.15) is 0 Å². The van der Waals surface area contributed by atoms with Crippen LogP contribution < -0.4 is 10.1 Å². The maximum atomic E-state index is 5.89. The summed E-state index contributed by atoms with van der Waals surface area (Å²) in [6.45, 7) is 5.34. The monoisotopic (exact) mass is 279 g/mol. The van der Waals surface area contributed by atoms with Gasteiger partial charge in [-0.3, -0.25) is 0 Å². The lowest BCUT2D eigenvalue weighted by Crippen LogP contribution is -2.21. The SMILES string of the molecule is CC(C)NCc1ccc(COc2cccc(Cl)c2)o1. The van der Waals surface area contributed by atoms with Gasteiger partial charge in [0.1, 0.15) is 23.9 Å². The Kier molecular flexibility index (Phi) is 4.88. The van der Waals surface area contributed by atoms with Crippen LogP contribution in [-0.2, 0) is 13.2 Å². The van der Waals surface area contributed by atoms with E-state index >= 15 is 0 Å². The Hall–Kier alpha value is -1.45. The standard InChI is InChI=1S/C15H18ClNO2/c1-11(2)17-9-14-6-7-15(19-14)10-18-13-5-3-4-12(16)8-13/h3-8,11,17H,9-10H2,1-2H3. The number of furan rings is 1. The Morgan fingerprint density at radius 3 is 2.74 bits per heavy atom. The first-order valence-electron chi connectivity index (χ1n) is 6.33. The molecule has 0 bridgehead atoms. The van der Waals surface area contributed by atoms with Crippen LogP contribution in [0.2, 0.25) is 5.02 Å². The minimum Gasteiger partial charge on any atom is -0.486 e. The lowest BCUT2D eigenvalue weighted by atomic mass is 10.3. The maximum absolute atomic E-state index is 5.89. The van der Waals surface area contributed by atoms with Crippen molar-refractivity contribution in [3.8, 4) is 5.75 Å². The van der Waals surface area contributed by atoms with Gasteiger partial charge in [-0.15, -0.1) is 0 Å². The first kappa shape index (κ1) is 14.0. The van der Waals surface area contributed by atoms with Gasteiger partial charge in [0.2, 0.25) is 0 Å². The zero-order valence-electron chi connectivity index (χ0n) is 11.2. The molecular weight excluding hydrogens is 262 g/mol. The summed E-state index contributed by atoms with van der Waals surface area (Å²) in [6, 6.07) is 11.7. The van der Waals surface area contributed by atoms with Crippen molar-refractivity contribution in [3.05, 3.63) is 52.9 Å². The molecule has 0 aliphatic carbocycles. The van der Waals surface area contributed by atoms with E-state index in [2.05, 4.69) is 19.2 Å². The molecule has 1 heterocycles. The fourth-order valence-corrected chi connectivity index (χ4v) is 1.79.